The van der Waals surface area contributed by atoms with Gasteiger partial charge in [-0.2, -0.15) is 0 Å². The monoisotopic (exact) mass is 388 g/mol. The number of carbonyl (C=O) groups excluding carboxylic acids is 1. The maximum absolute atomic E-state index is 12.4. The zero-order valence-electron chi connectivity index (χ0n) is 15.0. The summed E-state index contributed by atoms with van der Waals surface area (Å²) in [6.07, 6.45) is 1.48. The van der Waals surface area contributed by atoms with E-state index in [4.69, 9.17) is 23.2 Å². The molecule has 10 heteroatoms. The normalized spacial score (nSPS) is 10.5. The van der Waals surface area contributed by atoms with E-state index in [2.05, 4.69) is 5.16 Å². The number of carbonyl (C=O) groups is 1. The first-order valence-electron chi connectivity index (χ1n) is 8.19. The van der Waals surface area contributed by atoms with E-state index in [0.717, 1.165) is 6.07 Å². The molecular weight excluding hydrogens is 372 g/mol. The van der Waals surface area contributed by atoms with Gasteiger partial charge in [-0.3, -0.25) is 10.1 Å². The lowest BCUT2D eigenvalue weighted by Crippen LogP contribution is -2.10. The smallest absolute Gasteiger partial charge is 0.345 e. The van der Waals surface area contributed by atoms with Gasteiger partial charge in [0.15, 0.2) is 17.3 Å². The van der Waals surface area contributed by atoms with Crippen LogP contribution in [0.25, 0.3) is 11.5 Å². The third-order valence-corrected chi connectivity index (χ3v) is 3.67. The lowest BCUT2D eigenvalue weighted by Gasteiger charge is -2.11. The number of nitro benzene ring substituents is 1. The Morgan fingerprint density at radius 2 is 2.07 bits per heavy atom. The van der Waals surface area contributed by atoms with Gasteiger partial charge >= 0.3 is 5.97 Å². The Balaban J connectivity index is 1.79. The van der Waals surface area contributed by atoms with Gasteiger partial charge in [-0.1, -0.05) is 5.16 Å². The minimum absolute atomic E-state index is 0.160. The third-order valence-electron chi connectivity index (χ3n) is 3.67. The fraction of sp³-hybridized carbons (Fsp3) is 0.222. The molecule has 146 valence electrons. The summed E-state index contributed by atoms with van der Waals surface area (Å²) in [4.78, 5) is 23.1. The van der Waals surface area contributed by atoms with E-state index in [1.54, 1.807) is 25.1 Å². The van der Waals surface area contributed by atoms with Crippen molar-refractivity contribution in [2.24, 2.45) is 0 Å². The van der Waals surface area contributed by atoms with Crippen molar-refractivity contribution in [3.05, 3.63) is 58.0 Å². The number of ether oxygens (including phenoxy) is 3. The van der Waals surface area contributed by atoms with Gasteiger partial charge in [0.1, 0.15) is 17.9 Å². The van der Waals surface area contributed by atoms with Gasteiger partial charge in [0, 0.05) is 12.1 Å². The van der Waals surface area contributed by atoms with Crippen LogP contribution in [0.2, 0.25) is 0 Å². The first-order valence-corrected chi connectivity index (χ1v) is 8.19. The van der Waals surface area contributed by atoms with Crippen LogP contribution in [0.15, 0.2) is 45.5 Å². The van der Waals surface area contributed by atoms with Crippen molar-refractivity contribution >= 4 is 11.7 Å². The highest BCUT2D eigenvalue weighted by molar-refractivity contribution is 5.95. The molecule has 1 aromatic carbocycles. The molecule has 28 heavy (non-hydrogen) atoms. The summed E-state index contributed by atoms with van der Waals surface area (Å²) in [5, 5.41) is 15.1. The Morgan fingerprint density at radius 3 is 2.71 bits per heavy atom. The number of hydrogen-bond acceptors (Lipinski definition) is 9. The molecule has 0 amide bonds. The summed E-state index contributed by atoms with van der Waals surface area (Å²) in [6, 6.07) is 7.26. The van der Waals surface area contributed by atoms with E-state index in [-0.39, 0.29) is 30.3 Å². The van der Waals surface area contributed by atoms with Crippen LogP contribution in [-0.4, -0.2) is 29.8 Å². The zero-order chi connectivity index (χ0) is 20.1. The van der Waals surface area contributed by atoms with Gasteiger partial charge in [0.2, 0.25) is 5.76 Å². The number of benzene rings is 1. The largest absolute Gasteiger partial charge is 0.493 e. The first-order chi connectivity index (χ1) is 13.5. The number of nitrogens with zero attached hydrogens (tertiary/aromatic N) is 2. The maximum atomic E-state index is 12.4. The van der Waals surface area contributed by atoms with E-state index in [1.807, 2.05) is 0 Å². The number of furan rings is 1. The van der Waals surface area contributed by atoms with Crippen LogP contribution in [0.4, 0.5) is 5.69 Å². The Kier molecular flexibility index (Phi) is 5.58. The lowest BCUT2D eigenvalue weighted by atomic mass is 10.1. The standard InChI is InChI=1S/C18H16N2O8/c1-3-25-16-9-13(20(22)23)12(8-15(16)24-2)18(21)27-10-11-7-17(28-19-11)14-5-4-6-26-14/h4-9H,3,10H2,1-2H3. The average Bonchev–Trinajstić information content (AvgIpc) is 3.37. The van der Waals surface area contributed by atoms with Crippen LogP contribution in [-0.2, 0) is 11.3 Å². The quantitative estimate of drug-likeness (QED) is 0.323. The van der Waals surface area contributed by atoms with E-state index in [9.17, 15) is 14.9 Å². The van der Waals surface area contributed by atoms with Crippen molar-refractivity contribution in [3.8, 4) is 23.0 Å². The molecule has 3 rings (SSSR count). The molecule has 0 fully saturated rings. The summed E-state index contributed by atoms with van der Waals surface area (Å²) in [6.45, 7) is 1.76. The Morgan fingerprint density at radius 1 is 1.25 bits per heavy atom. The van der Waals surface area contributed by atoms with Crippen LogP contribution in [0.5, 0.6) is 11.5 Å². The number of hydrogen-bond donors (Lipinski definition) is 0. The highest BCUT2D eigenvalue weighted by Gasteiger charge is 2.26. The number of rotatable bonds is 8. The predicted octanol–water partition coefficient (Wildman–Crippen LogP) is 3.61. The molecule has 0 unspecified atom stereocenters. The fourth-order valence-electron chi connectivity index (χ4n) is 2.42. The van der Waals surface area contributed by atoms with Crippen LogP contribution in [0, 0.1) is 10.1 Å². The number of aromatic nitrogens is 1. The summed E-state index contributed by atoms with van der Waals surface area (Å²) in [5.74, 6) is 0.270. The molecule has 0 saturated heterocycles. The van der Waals surface area contributed by atoms with Crippen LogP contribution < -0.4 is 9.47 Å². The molecule has 3 aromatic rings. The number of methoxy groups -OCH3 is 1. The van der Waals surface area contributed by atoms with Gasteiger partial charge in [-0.25, -0.2) is 4.79 Å². The molecule has 0 aliphatic carbocycles. The molecule has 0 atom stereocenters. The van der Waals surface area contributed by atoms with Crippen LogP contribution in [0.1, 0.15) is 23.0 Å². The van der Waals surface area contributed by atoms with Crippen molar-refractivity contribution in [1.82, 2.24) is 5.16 Å². The van der Waals surface area contributed by atoms with Gasteiger partial charge in [-0.05, 0) is 19.1 Å². The summed E-state index contributed by atoms with van der Waals surface area (Å²) in [5.41, 5.74) is -0.397. The SMILES string of the molecule is CCOc1cc([N+](=O)[O-])c(C(=O)OCc2cc(-c3ccco3)on2)cc1OC. The van der Waals surface area contributed by atoms with Gasteiger partial charge in [-0.15, -0.1) is 0 Å². The predicted molar refractivity (Wildman–Crippen MR) is 94.1 cm³/mol. The minimum Gasteiger partial charge on any atom is -0.493 e. The van der Waals surface area contributed by atoms with Crippen molar-refractivity contribution in [2.45, 2.75) is 13.5 Å². The summed E-state index contributed by atoms with van der Waals surface area (Å²) < 4.78 is 25.9. The lowest BCUT2D eigenvalue weighted by molar-refractivity contribution is -0.385. The molecule has 0 aliphatic heterocycles. The molecule has 2 aromatic heterocycles. The molecule has 0 aliphatic rings. The fourth-order valence-corrected chi connectivity index (χ4v) is 2.42. The molecule has 2 heterocycles. The Bertz CT molecular complexity index is 978. The number of esters is 1. The molecule has 0 spiro atoms. The van der Waals surface area contributed by atoms with Crippen LogP contribution in [0.3, 0.4) is 0 Å². The maximum Gasteiger partial charge on any atom is 0.345 e. The second-order valence-electron chi connectivity index (χ2n) is 5.45. The summed E-state index contributed by atoms with van der Waals surface area (Å²) >= 11 is 0. The van der Waals surface area contributed by atoms with E-state index in [0.29, 0.717) is 17.2 Å². The molecule has 0 N–H and O–H groups in total. The molecule has 10 nitrogen and oxygen atoms in total. The zero-order valence-corrected chi connectivity index (χ0v) is 15.0. The van der Waals surface area contributed by atoms with E-state index < -0.39 is 16.6 Å². The molecule has 0 radical (unpaired) electrons. The molecule has 0 saturated carbocycles. The second-order valence-corrected chi connectivity index (χ2v) is 5.45. The van der Waals surface area contributed by atoms with Crippen molar-refractivity contribution in [3.63, 3.8) is 0 Å². The average molecular weight is 388 g/mol. The second kappa shape index (κ2) is 8.25. The molecular formula is C18H16N2O8. The first kappa shape index (κ1) is 19.0. The highest BCUT2D eigenvalue weighted by Crippen LogP contribution is 2.35. The van der Waals surface area contributed by atoms with E-state index in [1.165, 1.54) is 19.4 Å². The van der Waals surface area contributed by atoms with Crippen molar-refractivity contribution in [2.75, 3.05) is 13.7 Å². The van der Waals surface area contributed by atoms with Gasteiger partial charge < -0.3 is 23.2 Å². The highest BCUT2D eigenvalue weighted by atomic mass is 16.6. The van der Waals surface area contributed by atoms with E-state index >= 15 is 0 Å². The topological polar surface area (TPSA) is 127 Å². The van der Waals surface area contributed by atoms with Crippen molar-refractivity contribution in [1.29, 1.82) is 0 Å². The van der Waals surface area contributed by atoms with Gasteiger partial charge in [0.05, 0.1) is 31.0 Å². The van der Waals surface area contributed by atoms with Crippen LogP contribution >= 0.6 is 0 Å². The third kappa shape index (κ3) is 3.95. The van der Waals surface area contributed by atoms with Gasteiger partial charge in [0.25, 0.3) is 5.69 Å². The summed E-state index contributed by atoms with van der Waals surface area (Å²) in [7, 11) is 1.37. The Hall–Kier alpha value is -3.82. The van der Waals surface area contributed by atoms with Crippen molar-refractivity contribution < 1.29 is 32.9 Å². The minimum atomic E-state index is -0.907. The Labute approximate surface area is 158 Å². The number of nitro groups is 1. The molecule has 0 bridgehead atoms.